The summed E-state index contributed by atoms with van der Waals surface area (Å²) in [5.41, 5.74) is 2.09. The van der Waals surface area contributed by atoms with Crippen molar-refractivity contribution < 1.29 is 23.1 Å². The molecule has 170 valence electrons. The van der Waals surface area contributed by atoms with E-state index in [9.17, 15) is 18.4 Å². The monoisotopic (exact) mass is 445 g/mol. The number of esters is 1. The van der Waals surface area contributed by atoms with Crippen LogP contribution in [0, 0.1) is 6.92 Å². The second kappa shape index (κ2) is 8.33. The van der Waals surface area contributed by atoms with E-state index in [2.05, 4.69) is 15.3 Å². The zero-order chi connectivity index (χ0) is 23.0. The van der Waals surface area contributed by atoms with Gasteiger partial charge in [-0.1, -0.05) is 12.8 Å². The molecule has 0 spiro atoms. The van der Waals surface area contributed by atoms with Crippen LogP contribution >= 0.6 is 0 Å². The molecule has 1 aromatic carbocycles. The number of amides is 1. The highest BCUT2D eigenvalue weighted by molar-refractivity contribution is 6.02. The molecule has 2 aliphatic rings. The standard InChI is InChI=1S/C22H25F2N5O3/c1-13-10-14(19(30)32-3)8-9-16(13)26-21-25-11-17-18(27-21)29(15-6-4-5-7-15)12-22(23,24)20(31)28(17)2/h8-11,15H,4-7,12H2,1-3H3,(H,25,26,27). The first-order chi connectivity index (χ1) is 15.2. The highest BCUT2D eigenvalue weighted by Gasteiger charge is 2.48. The van der Waals surface area contributed by atoms with Gasteiger partial charge in [0.05, 0.1) is 25.4 Å². The Hall–Kier alpha value is -3.30. The summed E-state index contributed by atoms with van der Waals surface area (Å²) in [7, 11) is 2.63. The van der Waals surface area contributed by atoms with Crippen LogP contribution in [0.2, 0.25) is 0 Å². The topological polar surface area (TPSA) is 87.7 Å². The van der Waals surface area contributed by atoms with Crippen LogP contribution in [0.25, 0.3) is 0 Å². The molecule has 10 heteroatoms. The molecule has 0 atom stereocenters. The van der Waals surface area contributed by atoms with Crippen LogP contribution < -0.4 is 15.1 Å². The number of fused-ring (bicyclic) bond motifs is 1. The number of aryl methyl sites for hydroxylation is 1. The molecule has 4 rings (SSSR count). The van der Waals surface area contributed by atoms with Gasteiger partial charge in [-0.2, -0.15) is 13.8 Å². The van der Waals surface area contributed by atoms with Crippen molar-refractivity contribution in [3.8, 4) is 0 Å². The molecule has 2 heterocycles. The fourth-order valence-corrected chi connectivity index (χ4v) is 4.27. The van der Waals surface area contributed by atoms with Crippen molar-refractivity contribution in [3.05, 3.63) is 35.5 Å². The lowest BCUT2D eigenvalue weighted by molar-refractivity contribution is -0.140. The van der Waals surface area contributed by atoms with Gasteiger partial charge in [0.25, 0.3) is 5.91 Å². The average molecular weight is 445 g/mol. The Balaban J connectivity index is 1.71. The summed E-state index contributed by atoms with van der Waals surface area (Å²) < 4.78 is 34.1. The third kappa shape index (κ3) is 3.96. The van der Waals surface area contributed by atoms with Crippen LogP contribution in [0.4, 0.5) is 31.9 Å². The number of carbonyl (C=O) groups is 2. The van der Waals surface area contributed by atoms with Crippen LogP contribution in [-0.4, -0.2) is 54.5 Å². The Morgan fingerprint density at radius 1 is 1.28 bits per heavy atom. The van der Waals surface area contributed by atoms with Gasteiger partial charge in [-0.15, -0.1) is 0 Å². The van der Waals surface area contributed by atoms with Gasteiger partial charge in [-0.05, 0) is 43.5 Å². The number of halogens is 2. The Labute approximate surface area is 184 Å². The predicted molar refractivity (Wildman–Crippen MR) is 116 cm³/mol. The lowest BCUT2D eigenvalue weighted by atomic mass is 10.1. The molecular formula is C22H25F2N5O3. The zero-order valence-electron chi connectivity index (χ0n) is 18.2. The van der Waals surface area contributed by atoms with Crippen molar-refractivity contribution in [2.24, 2.45) is 0 Å². The molecule has 32 heavy (non-hydrogen) atoms. The number of ether oxygens (including phenoxy) is 1. The van der Waals surface area contributed by atoms with E-state index in [0.29, 0.717) is 17.1 Å². The number of hydrogen-bond acceptors (Lipinski definition) is 7. The highest BCUT2D eigenvalue weighted by atomic mass is 19.3. The minimum absolute atomic E-state index is 0.109. The molecule has 1 aliphatic heterocycles. The molecule has 1 amide bonds. The van der Waals surface area contributed by atoms with Crippen LogP contribution in [-0.2, 0) is 9.53 Å². The zero-order valence-corrected chi connectivity index (χ0v) is 18.2. The summed E-state index contributed by atoms with van der Waals surface area (Å²) in [6, 6.07) is 4.88. The molecule has 0 unspecified atom stereocenters. The fourth-order valence-electron chi connectivity index (χ4n) is 4.27. The first-order valence-corrected chi connectivity index (χ1v) is 10.5. The molecule has 0 radical (unpaired) electrons. The quantitative estimate of drug-likeness (QED) is 0.719. The van der Waals surface area contributed by atoms with Gasteiger partial charge >= 0.3 is 11.9 Å². The number of rotatable bonds is 4. The Morgan fingerprint density at radius 3 is 2.66 bits per heavy atom. The van der Waals surface area contributed by atoms with Crippen LogP contribution in [0.3, 0.4) is 0 Å². The number of hydrogen-bond donors (Lipinski definition) is 1. The number of alkyl halides is 2. The summed E-state index contributed by atoms with van der Waals surface area (Å²) in [5, 5.41) is 3.09. The van der Waals surface area contributed by atoms with Gasteiger partial charge < -0.3 is 19.9 Å². The smallest absolute Gasteiger partial charge is 0.342 e. The number of nitrogens with zero attached hydrogens (tertiary/aromatic N) is 4. The van der Waals surface area contributed by atoms with Gasteiger partial charge in [-0.3, -0.25) is 4.79 Å². The third-order valence-electron chi connectivity index (χ3n) is 6.03. The maximum Gasteiger partial charge on any atom is 0.342 e. The lowest BCUT2D eigenvalue weighted by Crippen LogP contribution is -2.48. The van der Waals surface area contributed by atoms with Crippen molar-refractivity contribution in [2.75, 3.05) is 35.8 Å². The predicted octanol–water partition coefficient (Wildman–Crippen LogP) is 3.68. The number of methoxy groups -OCH3 is 1. The number of carbonyl (C=O) groups excluding carboxylic acids is 2. The molecule has 1 saturated carbocycles. The van der Waals surface area contributed by atoms with Gasteiger partial charge in [0.2, 0.25) is 5.95 Å². The molecule has 8 nitrogen and oxygen atoms in total. The van der Waals surface area contributed by atoms with Gasteiger partial charge in [0.1, 0.15) is 5.69 Å². The maximum atomic E-state index is 14.7. The number of aromatic nitrogens is 2. The Kier molecular flexibility index (Phi) is 5.70. The summed E-state index contributed by atoms with van der Waals surface area (Å²) in [6.07, 6.45) is 4.84. The van der Waals surface area contributed by atoms with E-state index < -0.39 is 24.3 Å². The van der Waals surface area contributed by atoms with Crippen LogP contribution in [0.5, 0.6) is 0 Å². The molecule has 0 bridgehead atoms. The molecule has 2 aromatic rings. The normalized spacial score (nSPS) is 18.3. The summed E-state index contributed by atoms with van der Waals surface area (Å²) in [5.74, 6) is -4.70. The minimum atomic E-state index is -3.52. The van der Waals surface area contributed by atoms with E-state index in [-0.39, 0.29) is 17.7 Å². The molecule has 1 aromatic heterocycles. The summed E-state index contributed by atoms with van der Waals surface area (Å²) in [6.45, 7) is 1.10. The first-order valence-electron chi connectivity index (χ1n) is 10.5. The third-order valence-corrected chi connectivity index (χ3v) is 6.03. The van der Waals surface area contributed by atoms with Crippen molar-refractivity contribution in [3.63, 3.8) is 0 Å². The second-order valence-corrected chi connectivity index (χ2v) is 8.18. The van der Waals surface area contributed by atoms with E-state index in [4.69, 9.17) is 4.74 Å². The number of nitrogens with one attached hydrogen (secondary N) is 1. The van der Waals surface area contributed by atoms with E-state index in [1.54, 1.807) is 23.1 Å². The Morgan fingerprint density at radius 2 is 2.00 bits per heavy atom. The van der Waals surface area contributed by atoms with E-state index in [1.165, 1.54) is 20.4 Å². The number of anilines is 4. The van der Waals surface area contributed by atoms with Crippen LogP contribution in [0.15, 0.2) is 24.4 Å². The molecule has 1 N–H and O–H groups in total. The van der Waals surface area contributed by atoms with Gasteiger partial charge in [-0.25, -0.2) is 9.78 Å². The first kappa shape index (κ1) is 21.9. The molecular weight excluding hydrogens is 420 g/mol. The SMILES string of the molecule is COC(=O)c1ccc(Nc2ncc3c(n2)N(C2CCCC2)CC(F)(F)C(=O)N3C)c(C)c1. The summed E-state index contributed by atoms with van der Waals surface area (Å²) in [4.78, 5) is 35.4. The Bertz CT molecular complexity index is 1060. The highest BCUT2D eigenvalue weighted by Crippen LogP contribution is 2.39. The fraction of sp³-hybridized carbons (Fsp3) is 0.455. The minimum Gasteiger partial charge on any atom is -0.465 e. The van der Waals surface area contributed by atoms with E-state index in [0.717, 1.165) is 36.1 Å². The summed E-state index contributed by atoms with van der Waals surface area (Å²) >= 11 is 0. The molecule has 1 aliphatic carbocycles. The largest absolute Gasteiger partial charge is 0.465 e. The number of benzene rings is 1. The van der Waals surface area contributed by atoms with Crippen molar-refractivity contribution in [2.45, 2.75) is 44.6 Å². The van der Waals surface area contributed by atoms with Crippen molar-refractivity contribution in [1.82, 2.24) is 9.97 Å². The van der Waals surface area contributed by atoms with Gasteiger partial charge in [0, 0.05) is 18.8 Å². The van der Waals surface area contributed by atoms with Gasteiger partial charge in [0.15, 0.2) is 5.82 Å². The lowest BCUT2D eigenvalue weighted by Gasteiger charge is -2.31. The van der Waals surface area contributed by atoms with Crippen molar-refractivity contribution in [1.29, 1.82) is 0 Å². The van der Waals surface area contributed by atoms with Crippen molar-refractivity contribution >= 4 is 35.0 Å². The van der Waals surface area contributed by atoms with E-state index in [1.807, 2.05) is 6.92 Å². The molecule has 1 fully saturated rings. The molecule has 0 saturated heterocycles. The average Bonchev–Trinajstić information content (AvgIpc) is 3.29. The van der Waals surface area contributed by atoms with Crippen LogP contribution in [0.1, 0.15) is 41.6 Å². The maximum absolute atomic E-state index is 14.7. The second-order valence-electron chi connectivity index (χ2n) is 8.18. The van der Waals surface area contributed by atoms with E-state index >= 15 is 0 Å².